The van der Waals surface area contributed by atoms with Crippen molar-refractivity contribution in [1.29, 1.82) is 0 Å². The van der Waals surface area contributed by atoms with Gasteiger partial charge in [-0.1, -0.05) is 24.3 Å². The highest BCUT2D eigenvalue weighted by Crippen LogP contribution is 2.24. The number of aromatic carboxylic acids is 1. The van der Waals surface area contributed by atoms with E-state index in [0.29, 0.717) is 17.6 Å². The van der Waals surface area contributed by atoms with E-state index in [1.807, 2.05) is 22.8 Å². The molecule has 1 aliphatic rings. The lowest BCUT2D eigenvalue weighted by molar-refractivity contribution is 0.0694. The fraction of sp³-hybridized carbons (Fsp3) is 0.143. The highest BCUT2D eigenvalue weighted by Gasteiger charge is 2.20. The second-order valence-corrected chi connectivity index (χ2v) is 4.35. The standard InChI is InChI=1S/C14H11NO3/c1-8-11(14(17)18)13(16)10-6-2-4-9-5-3-7-15(8)12(9)10/h2-6H,7H2,1H3,(H,17,18). The van der Waals surface area contributed by atoms with Crippen molar-refractivity contribution in [2.75, 3.05) is 0 Å². The van der Waals surface area contributed by atoms with Crippen LogP contribution in [-0.4, -0.2) is 15.6 Å². The minimum atomic E-state index is -1.16. The molecule has 0 bridgehead atoms. The zero-order valence-corrected chi connectivity index (χ0v) is 9.80. The van der Waals surface area contributed by atoms with Crippen LogP contribution in [0.3, 0.4) is 0 Å². The van der Waals surface area contributed by atoms with Crippen LogP contribution in [0.25, 0.3) is 17.0 Å². The van der Waals surface area contributed by atoms with Crippen molar-refractivity contribution in [2.45, 2.75) is 13.5 Å². The van der Waals surface area contributed by atoms with Crippen LogP contribution in [0.4, 0.5) is 0 Å². The van der Waals surface area contributed by atoms with Gasteiger partial charge in [-0.25, -0.2) is 4.79 Å². The topological polar surface area (TPSA) is 59.3 Å². The number of para-hydroxylation sites is 1. The van der Waals surface area contributed by atoms with Crippen molar-refractivity contribution in [1.82, 2.24) is 4.57 Å². The van der Waals surface area contributed by atoms with Crippen LogP contribution in [0.2, 0.25) is 0 Å². The van der Waals surface area contributed by atoms with Gasteiger partial charge < -0.3 is 9.67 Å². The van der Waals surface area contributed by atoms with Gasteiger partial charge in [-0.15, -0.1) is 0 Å². The Hall–Kier alpha value is -2.36. The number of allylic oxidation sites excluding steroid dienone is 1. The van der Waals surface area contributed by atoms with Crippen molar-refractivity contribution in [3.8, 4) is 0 Å². The highest BCUT2D eigenvalue weighted by molar-refractivity contribution is 5.96. The molecule has 1 aliphatic heterocycles. The summed E-state index contributed by atoms with van der Waals surface area (Å²) in [4.78, 5) is 23.4. The predicted molar refractivity (Wildman–Crippen MR) is 68.9 cm³/mol. The minimum Gasteiger partial charge on any atom is -0.477 e. The maximum Gasteiger partial charge on any atom is 0.341 e. The van der Waals surface area contributed by atoms with Crippen molar-refractivity contribution >= 4 is 22.9 Å². The van der Waals surface area contributed by atoms with Crippen LogP contribution in [0.1, 0.15) is 21.6 Å². The molecule has 0 saturated heterocycles. The van der Waals surface area contributed by atoms with Gasteiger partial charge in [0.25, 0.3) is 0 Å². The van der Waals surface area contributed by atoms with Crippen molar-refractivity contribution in [3.05, 3.63) is 51.3 Å². The lowest BCUT2D eigenvalue weighted by Gasteiger charge is -2.19. The summed E-state index contributed by atoms with van der Waals surface area (Å²) in [7, 11) is 0. The zero-order valence-electron chi connectivity index (χ0n) is 9.80. The molecular weight excluding hydrogens is 230 g/mol. The molecule has 1 N–H and O–H groups in total. The molecule has 0 fully saturated rings. The molecule has 3 rings (SSSR count). The fourth-order valence-corrected chi connectivity index (χ4v) is 2.55. The van der Waals surface area contributed by atoms with Gasteiger partial charge in [-0.3, -0.25) is 4.79 Å². The summed E-state index contributed by atoms with van der Waals surface area (Å²) >= 11 is 0. The van der Waals surface area contributed by atoms with Crippen molar-refractivity contribution in [3.63, 3.8) is 0 Å². The average molecular weight is 241 g/mol. The third-order valence-corrected chi connectivity index (χ3v) is 3.37. The van der Waals surface area contributed by atoms with Gasteiger partial charge in [-0.2, -0.15) is 0 Å². The summed E-state index contributed by atoms with van der Waals surface area (Å²) in [6.07, 6.45) is 3.92. The van der Waals surface area contributed by atoms with Gasteiger partial charge in [-0.05, 0) is 18.6 Å². The summed E-state index contributed by atoms with van der Waals surface area (Å²) in [5.41, 5.74) is 1.76. The molecule has 4 heteroatoms. The SMILES string of the molecule is Cc1c(C(=O)O)c(=O)c2cccc3c2n1CC=C3. The van der Waals surface area contributed by atoms with E-state index >= 15 is 0 Å². The second-order valence-electron chi connectivity index (χ2n) is 4.35. The number of rotatable bonds is 1. The van der Waals surface area contributed by atoms with E-state index in [1.54, 1.807) is 19.1 Å². The monoisotopic (exact) mass is 241 g/mol. The van der Waals surface area contributed by atoms with E-state index in [0.717, 1.165) is 11.1 Å². The molecule has 0 aliphatic carbocycles. The van der Waals surface area contributed by atoms with Crippen LogP contribution in [0.15, 0.2) is 29.1 Å². The summed E-state index contributed by atoms with van der Waals surface area (Å²) < 4.78 is 1.88. The molecule has 0 radical (unpaired) electrons. The number of carbonyl (C=O) groups is 1. The minimum absolute atomic E-state index is 0.130. The molecule has 0 atom stereocenters. The van der Waals surface area contributed by atoms with E-state index in [1.165, 1.54) is 0 Å². The lowest BCUT2D eigenvalue weighted by Crippen LogP contribution is -2.23. The Balaban J connectivity index is 2.61. The Bertz CT molecular complexity index is 769. The fourth-order valence-electron chi connectivity index (χ4n) is 2.55. The molecule has 0 amide bonds. The smallest absolute Gasteiger partial charge is 0.341 e. The van der Waals surface area contributed by atoms with Gasteiger partial charge in [0.2, 0.25) is 5.43 Å². The normalized spacial score (nSPS) is 12.9. The maximum absolute atomic E-state index is 12.2. The molecule has 1 aromatic heterocycles. The number of aromatic nitrogens is 1. The number of benzene rings is 1. The average Bonchev–Trinajstić information content (AvgIpc) is 2.35. The Morgan fingerprint density at radius 2 is 2.17 bits per heavy atom. The maximum atomic E-state index is 12.2. The number of hydrogen-bond acceptors (Lipinski definition) is 2. The van der Waals surface area contributed by atoms with Crippen molar-refractivity contribution < 1.29 is 9.90 Å². The van der Waals surface area contributed by atoms with Crippen LogP contribution in [0.5, 0.6) is 0 Å². The lowest BCUT2D eigenvalue weighted by atomic mass is 10.0. The quantitative estimate of drug-likeness (QED) is 0.831. The Kier molecular flexibility index (Phi) is 2.13. The van der Waals surface area contributed by atoms with E-state index in [4.69, 9.17) is 0 Å². The zero-order chi connectivity index (χ0) is 12.9. The molecule has 0 unspecified atom stereocenters. The second kappa shape index (κ2) is 3.57. The van der Waals surface area contributed by atoms with Crippen molar-refractivity contribution in [2.24, 2.45) is 0 Å². The number of carboxylic acid groups (broad SMARTS) is 1. The molecule has 0 spiro atoms. The first-order chi connectivity index (χ1) is 8.61. The molecule has 1 aromatic carbocycles. The number of hydrogen-bond donors (Lipinski definition) is 1. The Labute approximate surface area is 103 Å². The molecule has 4 nitrogen and oxygen atoms in total. The largest absolute Gasteiger partial charge is 0.477 e. The molecule has 90 valence electrons. The summed E-state index contributed by atoms with van der Waals surface area (Å²) in [6.45, 7) is 2.28. The van der Waals surface area contributed by atoms with E-state index in [2.05, 4.69) is 0 Å². The van der Waals surface area contributed by atoms with E-state index in [-0.39, 0.29) is 5.56 Å². The summed E-state index contributed by atoms with van der Waals surface area (Å²) in [5, 5.41) is 9.65. The third-order valence-electron chi connectivity index (χ3n) is 3.37. The summed E-state index contributed by atoms with van der Waals surface area (Å²) in [5.74, 6) is -1.16. The van der Waals surface area contributed by atoms with Gasteiger partial charge in [0.05, 0.1) is 5.52 Å². The van der Waals surface area contributed by atoms with Gasteiger partial charge in [0.1, 0.15) is 5.56 Å². The molecular formula is C14H11NO3. The molecule has 0 saturated carbocycles. The predicted octanol–water partition coefficient (Wildman–Crippen LogP) is 2.03. The number of pyridine rings is 1. The molecule has 2 heterocycles. The number of carboxylic acids is 1. The van der Waals surface area contributed by atoms with Gasteiger partial charge >= 0.3 is 5.97 Å². The van der Waals surface area contributed by atoms with Crippen LogP contribution < -0.4 is 5.43 Å². The summed E-state index contributed by atoms with van der Waals surface area (Å²) in [6, 6.07) is 5.39. The highest BCUT2D eigenvalue weighted by atomic mass is 16.4. The van der Waals surface area contributed by atoms with Crippen LogP contribution in [0, 0.1) is 6.92 Å². The Morgan fingerprint density at radius 3 is 2.89 bits per heavy atom. The molecule has 2 aromatic rings. The Morgan fingerprint density at radius 1 is 1.39 bits per heavy atom. The first kappa shape index (κ1) is 10.8. The van der Waals surface area contributed by atoms with E-state index < -0.39 is 11.4 Å². The van der Waals surface area contributed by atoms with Crippen LogP contribution >= 0.6 is 0 Å². The first-order valence-corrected chi connectivity index (χ1v) is 5.67. The van der Waals surface area contributed by atoms with Gasteiger partial charge in [0.15, 0.2) is 0 Å². The van der Waals surface area contributed by atoms with Gasteiger partial charge in [0, 0.05) is 17.6 Å². The van der Waals surface area contributed by atoms with E-state index in [9.17, 15) is 14.7 Å². The molecule has 18 heavy (non-hydrogen) atoms. The van der Waals surface area contributed by atoms with Crippen LogP contribution in [-0.2, 0) is 6.54 Å². The third kappa shape index (κ3) is 1.26. The first-order valence-electron chi connectivity index (χ1n) is 5.67. The number of nitrogens with zero attached hydrogens (tertiary/aromatic N) is 1.